The molecule has 0 saturated heterocycles. The number of hydrogen-bond donors (Lipinski definition) is 2. The van der Waals surface area contributed by atoms with E-state index in [4.69, 9.17) is 21.4 Å². The van der Waals surface area contributed by atoms with Crippen LogP contribution in [0.25, 0.3) is 0 Å². The van der Waals surface area contributed by atoms with Crippen LogP contribution in [-0.4, -0.2) is 30.3 Å². The fraction of sp³-hybridized carbons (Fsp3) is 0.364. The second-order valence-corrected chi connectivity index (χ2v) is 3.92. The zero-order chi connectivity index (χ0) is 12.8. The maximum absolute atomic E-state index is 12.7. The van der Waals surface area contributed by atoms with E-state index in [1.807, 2.05) is 0 Å². The molecule has 1 aromatic rings. The first-order valence-electron chi connectivity index (χ1n) is 5.01. The van der Waals surface area contributed by atoms with Crippen molar-refractivity contribution >= 4 is 17.5 Å². The van der Waals surface area contributed by atoms with Gasteiger partial charge >= 0.3 is 0 Å². The number of ether oxygens (including phenoxy) is 1. The first-order chi connectivity index (χ1) is 8.02. The highest BCUT2D eigenvalue weighted by Gasteiger charge is 2.08. The van der Waals surface area contributed by atoms with Crippen molar-refractivity contribution in [3.05, 3.63) is 29.0 Å². The zero-order valence-electron chi connectivity index (χ0n) is 9.24. The van der Waals surface area contributed by atoms with Crippen molar-refractivity contribution < 1.29 is 19.0 Å². The van der Waals surface area contributed by atoms with Gasteiger partial charge in [0.05, 0.1) is 11.6 Å². The van der Waals surface area contributed by atoms with Crippen LogP contribution in [0.1, 0.15) is 6.92 Å². The summed E-state index contributed by atoms with van der Waals surface area (Å²) in [6.07, 6.45) is 0. The van der Waals surface area contributed by atoms with Crippen molar-refractivity contribution in [3.63, 3.8) is 0 Å². The van der Waals surface area contributed by atoms with Crippen LogP contribution in [0, 0.1) is 5.82 Å². The van der Waals surface area contributed by atoms with Crippen LogP contribution in [0.4, 0.5) is 4.39 Å². The van der Waals surface area contributed by atoms with E-state index < -0.39 is 5.82 Å². The van der Waals surface area contributed by atoms with Gasteiger partial charge in [0, 0.05) is 6.04 Å². The lowest BCUT2D eigenvalue weighted by Gasteiger charge is -2.12. The quantitative estimate of drug-likeness (QED) is 0.841. The first-order valence-corrected chi connectivity index (χ1v) is 5.38. The van der Waals surface area contributed by atoms with Gasteiger partial charge in [-0.25, -0.2) is 4.39 Å². The fourth-order valence-electron chi connectivity index (χ4n) is 1.10. The smallest absolute Gasteiger partial charge is 0.258 e. The number of carbonyl (C=O) groups excluding carboxylic acids is 1. The summed E-state index contributed by atoms with van der Waals surface area (Å²) in [5.41, 5.74) is 0. The highest BCUT2D eigenvalue weighted by Crippen LogP contribution is 2.24. The Labute approximate surface area is 103 Å². The van der Waals surface area contributed by atoms with Gasteiger partial charge in [-0.15, -0.1) is 0 Å². The Hall–Kier alpha value is -1.33. The van der Waals surface area contributed by atoms with Gasteiger partial charge in [-0.1, -0.05) is 11.6 Å². The Bertz CT molecular complexity index is 400. The molecule has 0 unspecified atom stereocenters. The Balaban J connectivity index is 2.47. The van der Waals surface area contributed by atoms with E-state index in [9.17, 15) is 9.18 Å². The predicted molar refractivity (Wildman–Crippen MR) is 61.6 cm³/mol. The van der Waals surface area contributed by atoms with Crippen molar-refractivity contribution in [3.8, 4) is 5.75 Å². The molecule has 0 aliphatic heterocycles. The lowest BCUT2D eigenvalue weighted by molar-refractivity contribution is -0.123. The molecule has 0 radical (unpaired) electrons. The molecular weight excluding hydrogens is 249 g/mol. The molecule has 0 aliphatic rings. The van der Waals surface area contributed by atoms with Gasteiger partial charge in [0.25, 0.3) is 5.91 Å². The van der Waals surface area contributed by atoms with Crippen molar-refractivity contribution in [2.45, 2.75) is 13.0 Å². The molecule has 1 amide bonds. The molecule has 0 fully saturated rings. The number of amides is 1. The van der Waals surface area contributed by atoms with Gasteiger partial charge in [-0.05, 0) is 25.1 Å². The minimum Gasteiger partial charge on any atom is -0.482 e. The van der Waals surface area contributed by atoms with E-state index in [-0.39, 0.29) is 35.9 Å². The maximum Gasteiger partial charge on any atom is 0.258 e. The standard InChI is InChI=1S/C11H13ClFNO3/c1-7(5-15)14-11(16)6-17-10-3-2-8(13)4-9(10)12/h2-4,7,15H,5-6H2,1H3,(H,14,16)/t7-/m0/s1. The summed E-state index contributed by atoms with van der Waals surface area (Å²) in [6.45, 7) is 1.27. The third-order valence-corrected chi connectivity index (χ3v) is 2.23. The van der Waals surface area contributed by atoms with Crippen LogP contribution >= 0.6 is 11.6 Å². The second-order valence-electron chi connectivity index (χ2n) is 3.51. The molecule has 6 heteroatoms. The van der Waals surface area contributed by atoms with Crippen molar-refractivity contribution in [1.29, 1.82) is 0 Å². The molecule has 2 N–H and O–H groups in total. The third-order valence-electron chi connectivity index (χ3n) is 1.93. The number of carbonyl (C=O) groups is 1. The highest BCUT2D eigenvalue weighted by atomic mass is 35.5. The van der Waals surface area contributed by atoms with Crippen LogP contribution in [0.3, 0.4) is 0 Å². The van der Waals surface area contributed by atoms with E-state index >= 15 is 0 Å². The summed E-state index contributed by atoms with van der Waals surface area (Å²) >= 11 is 5.71. The van der Waals surface area contributed by atoms with Gasteiger partial charge in [0.2, 0.25) is 0 Å². The molecule has 94 valence electrons. The van der Waals surface area contributed by atoms with Crippen molar-refractivity contribution in [2.24, 2.45) is 0 Å². The lowest BCUT2D eigenvalue weighted by Crippen LogP contribution is -2.38. The molecule has 17 heavy (non-hydrogen) atoms. The summed E-state index contributed by atoms with van der Waals surface area (Å²) in [7, 11) is 0. The van der Waals surface area contributed by atoms with Crippen LogP contribution in [-0.2, 0) is 4.79 Å². The van der Waals surface area contributed by atoms with E-state index in [0.29, 0.717) is 0 Å². The predicted octanol–water partition coefficient (Wildman–Crippen LogP) is 1.35. The number of benzene rings is 1. The van der Waals surface area contributed by atoms with E-state index in [2.05, 4.69) is 5.32 Å². The molecule has 1 rings (SSSR count). The second kappa shape index (κ2) is 6.42. The van der Waals surface area contributed by atoms with Gasteiger partial charge in [0.1, 0.15) is 11.6 Å². The molecule has 0 bridgehead atoms. The van der Waals surface area contributed by atoms with Gasteiger partial charge in [-0.2, -0.15) is 0 Å². The third kappa shape index (κ3) is 4.58. The normalized spacial score (nSPS) is 12.0. The minimum absolute atomic E-state index is 0.105. The van der Waals surface area contributed by atoms with Crippen molar-refractivity contribution in [1.82, 2.24) is 5.32 Å². The topological polar surface area (TPSA) is 58.6 Å². The average molecular weight is 262 g/mol. The molecule has 0 aromatic heterocycles. The molecule has 1 atom stereocenters. The van der Waals surface area contributed by atoms with E-state index in [0.717, 1.165) is 6.07 Å². The lowest BCUT2D eigenvalue weighted by atomic mass is 10.3. The fourth-order valence-corrected chi connectivity index (χ4v) is 1.32. The largest absolute Gasteiger partial charge is 0.482 e. The summed E-state index contributed by atoms with van der Waals surface area (Å²) in [4.78, 5) is 11.3. The molecule has 0 aliphatic carbocycles. The number of aliphatic hydroxyl groups is 1. The minimum atomic E-state index is -0.472. The first kappa shape index (κ1) is 13.7. The summed E-state index contributed by atoms with van der Waals surface area (Å²) in [5.74, 6) is -0.618. The number of halogens is 2. The molecule has 0 saturated carbocycles. The summed E-state index contributed by atoms with van der Waals surface area (Å²) in [5, 5.41) is 11.3. The summed E-state index contributed by atoms with van der Waals surface area (Å²) < 4.78 is 17.8. The summed E-state index contributed by atoms with van der Waals surface area (Å²) in [6, 6.07) is 3.30. The number of nitrogens with one attached hydrogen (secondary N) is 1. The zero-order valence-corrected chi connectivity index (χ0v) is 10.00. The maximum atomic E-state index is 12.7. The molecule has 1 aromatic carbocycles. The van der Waals surface area contributed by atoms with Gasteiger partial charge in [-0.3, -0.25) is 4.79 Å². The number of rotatable bonds is 5. The number of aliphatic hydroxyl groups excluding tert-OH is 1. The molecular formula is C11H13ClFNO3. The Morgan fingerprint density at radius 2 is 2.35 bits per heavy atom. The SMILES string of the molecule is C[C@@H](CO)NC(=O)COc1ccc(F)cc1Cl. The molecule has 0 heterocycles. The van der Waals surface area contributed by atoms with E-state index in [1.165, 1.54) is 12.1 Å². The van der Waals surface area contributed by atoms with Gasteiger partial charge < -0.3 is 15.2 Å². The average Bonchev–Trinajstić information content (AvgIpc) is 2.27. The highest BCUT2D eigenvalue weighted by molar-refractivity contribution is 6.32. The Morgan fingerprint density at radius 3 is 2.94 bits per heavy atom. The van der Waals surface area contributed by atoms with E-state index in [1.54, 1.807) is 6.92 Å². The van der Waals surface area contributed by atoms with Crippen molar-refractivity contribution in [2.75, 3.05) is 13.2 Å². The Morgan fingerprint density at radius 1 is 1.65 bits per heavy atom. The molecule has 4 nitrogen and oxygen atoms in total. The van der Waals surface area contributed by atoms with Crippen LogP contribution in [0.2, 0.25) is 5.02 Å². The number of hydrogen-bond acceptors (Lipinski definition) is 3. The van der Waals surface area contributed by atoms with Crippen LogP contribution in [0.5, 0.6) is 5.75 Å². The van der Waals surface area contributed by atoms with Crippen LogP contribution in [0.15, 0.2) is 18.2 Å². The van der Waals surface area contributed by atoms with Crippen LogP contribution < -0.4 is 10.1 Å². The molecule has 0 spiro atoms. The monoisotopic (exact) mass is 261 g/mol. The van der Waals surface area contributed by atoms with Gasteiger partial charge in [0.15, 0.2) is 6.61 Å². The Kier molecular flexibility index (Phi) is 5.18.